The number of amides is 2. The average Bonchev–Trinajstić information content (AvgIpc) is 2.48. The number of nitrogens with zero attached hydrogens (tertiary/aromatic N) is 1. The van der Waals surface area contributed by atoms with Crippen LogP contribution in [-0.2, 0) is 0 Å². The Balaban J connectivity index is 1.97. The monoisotopic (exact) mass is 275 g/mol. The molecular formula is C14H14FN3O2. The maximum atomic E-state index is 12.7. The van der Waals surface area contributed by atoms with E-state index in [-0.39, 0.29) is 12.4 Å². The van der Waals surface area contributed by atoms with Crippen molar-refractivity contribution >= 4 is 11.8 Å². The second-order valence-electron chi connectivity index (χ2n) is 4.11. The smallest absolute Gasteiger partial charge is 0.320 e. The van der Waals surface area contributed by atoms with Crippen molar-refractivity contribution in [1.29, 1.82) is 0 Å². The average molecular weight is 275 g/mol. The number of anilines is 1. The second kappa shape index (κ2) is 6.63. The number of halogens is 1. The van der Waals surface area contributed by atoms with Gasteiger partial charge >= 0.3 is 6.03 Å². The van der Waals surface area contributed by atoms with E-state index in [9.17, 15) is 14.3 Å². The molecular weight excluding hydrogens is 261 g/mol. The first-order valence-corrected chi connectivity index (χ1v) is 6.04. The molecule has 104 valence electrons. The Morgan fingerprint density at radius 1 is 1.25 bits per heavy atom. The van der Waals surface area contributed by atoms with Crippen molar-refractivity contribution in [3.05, 3.63) is 60.0 Å². The molecule has 0 unspecified atom stereocenters. The molecule has 0 saturated carbocycles. The molecule has 0 spiro atoms. The van der Waals surface area contributed by atoms with E-state index in [2.05, 4.69) is 15.6 Å². The molecule has 0 radical (unpaired) electrons. The number of benzene rings is 1. The summed E-state index contributed by atoms with van der Waals surface area (Å²) in [4.78, 5) is 15.5. The fourth-order valence-corrected chi connectivity index (χ4v) is 1.68. The molecule has 1 aromatic carbocycles. The number of urea groups is 1. The van der Waals surface area contributed by atoms with E-state index in [1.807, 2.05) is 18.2 Å². The molecule has 2 rings (SSSR count). The number of nitrogens with one attached hydrogen (secondary N) is 2. The topological polar surface area (TPSA) is 74.2 Å². The van der Waals surface area contributed by atoms with E-state index in [0.29, 0.717) is 0 Å². The van der Waals surface area contributed by atoms with Crippen molar-refractivity contribution in [2.75, 3.05) is 11.9 Å². The standard InChI is InChI=1S/C14H14FN3O2/c15-11-6-7-13(16-8-11)18-14(20)17-12(9-19)10-4-2-1-3-5-10/h1-8,12,19H,9H2,(H2,16,17,18,20)/t12-/m1/s1. The van der Waals surface area contributed by atoms with E-state index >= 15 is 0 Å². The molecule has 6 heteroatoms. The fraction of sp³-hybridized carbons (Fsp3) is 0.143. The van der Waals surface area contributed by atoms with Gasteiger partial charge in [0.1, 0.15) is 11.6 Å². The number of pyridine rings is 1. The van der Waals surface area contributed by atoms with Crippen molar-refractivity contribution in [1.82, 2.24) is 10.3 Å². The highest BCUT2D eigenvalue weighted by molar-refractivity contribution is 5.88. The predicted octanol–water partition coefficient (Wildman–Crippen LogP) is 2.08. The summed E-state index contributed by atoms with van der Waals surface area (Å²) < 4.78 is 12.7. The molecule has 2 aromatic rings. The molecule has 1 atom stereocenters. The van der Waals surface area contributed by atoms with Crippen LogP contribution in [0, 0.1) is 5.82 Å². The zero-order valence-electron chi connectivity index (χ0n) is 10.6. The Hall–Kier alpha value is -2.47. The molecule has 0 aliphatic heterocycles. The molecule has 1 heterocycles. The number of aliphatic hydroxyl groups excluding tert-OH is 1. The van der Waals surface area contributed by atoms with Crippen LogP contribution in [0.3, 0.4) is 0 Å². The highest BCUT2D eigenvalue weighted by atomic mass is 19.1. The van der Waals surface area contributed by atoms with Crippen LogP contribution in [0.1, 0.15) is 11.6 Å². The van der Waals surface area contributed by atoms with Gasteiger partial charge in [-0.15, -0.1) is 0 Å². The number of hydrogen-bond donors (Lipinski definition) is 3. The molecule has 20 heavy (non-hydrogen) atoms. The van der Waals surface area contributed by atoms with Gasteiger partial charge in [-0.2, -0.15) is 0 Å². The first-order chi connectivity index (χ1) is 9.69. The third-order valence-corrected chi connectivity index (χ3v) is 2.66. The highest BCUT2D eigenvalue weighted by Crippen LogP contribution is 2.12. The second-order valence-corrected chi connectivity index (χ2v) is 4.11. The molecule has 5 nitrogen and oxygen atoms in total. The van der Waals surface area contributed by atoms with Gasteiger partial charge in [0.05, 0.1) is 18.8 Å². The van der Waals surface area contributed by atoms with Crippen LogP contribution >= 0.6 is 0 Å². The number of hydrogen-bond acceptors (Lipinski definition) is 3. The van der Waals surface area contributed by atoms with Crippen LogP contribution in [0.4, 0.5) is 15.0 Å². The number of carbonyl (C=O) groups is 1. The van der Waals surface area contributed by atoms with Crippen molar-refractivity contribution in [2.24, 2.45) is 0 Å². The van der Waals surface area contributed by atoms with Crippen molar-refractivity contribution in [3.63, 3.8) is 0 Å². The van der Waals surface area contributed by atoms with Crippen LogP contribution in [0.2, 0.25) is 0 Å². The summed E-state index contributed by atoms with van der Waals surface area (Å²) in [5.41, 5.74) is 0.789. The van der Waals surface area contributed by atoms with Crippen LogP contribution in [0.15, 0.2) is 48.7 Å². The van der Waals surface area contributed by atoms with Gasteiger partial charge in [0.15, 0.2) is 0 Å². The fourth-order valence-electron chi connectivity index (χ4n) is 1.68. The first kappa shape index (κ1) is 14.0. The molecule has 2 amide bonds. The Morgan fingerprint density at radius 3 is 2.60 bits per heavy atom. The minimum Gasteiger partial charge on any atom is -0.394 e. The largest absolute Gasteiger partial charge is 0.394 e. The first-order valence-electron chi connectivity index (χ1n) is 6.04. The normalized spacial score (nSPS) is 11.7. The SMILES string of the molecule is O=C(Nc1ccc(F)cn1)N[C@H](CO)c1ccccc1. The molecule has 0 fully saturated rings. The van der Waals surface area contributed by atoms with E-state index in [1.165, 1.54) is 12.1 Å². The lowest BCUT2D eigenvalue weighted by Crippen LogP contribution is -2.34. The van der Waals surface area contributed by atoms with Crippen LogP contribution in [-0.4, -0.2) is 22.7 Å². The zero-order chi connectivity index (χ0) is 14.4. The summed E-state index contributed by atoms with van der Waals surface area (Å²) in [6.45, 7) is -0.228. The summed E-state index contributed by atoms with van der Waals surface area (Å²) in [7, 11) is 0. The van der Waals surface area contributed by atoms with Crippen LogP contribution in [0.25, 0.3) is 0 Å². The van der Waals surface area contributed by atoms with Crippen molar-refractivity contribution < 1.29 is 14.3 Å². The third kappa shape index (κ3) is 3.76. The Labute approximate surface area is 115 Å². The predicted molar refractivity (Wildman–Crippen MR) is 72.6 cm³/mol. The van der Waals surface area contributed by atoms with Gasteiger partial charge in [0, 0.05) is 0 Å². The van der Waals surface area contributed by atoms with Crippen molar-refractivity contribution in [2.45, 2.75) is 6.04 Å². The lowest BCUT2D eigenvalue weighted by Gasteiger charge is -2.16. The molecule has 0 aliphatic rings. The molecule has 0 aliphatic carbocycles. The van der Waals surface area contributed by atoms with Gasteiger partial charge < -0.3 is 10.4 Å². The van der Waals surface area contributed by atoms with E-state index in [1.54, 1.807) is 12.1 Å². The molecule has 0 bridgehead atoms. The Kier molecular flexibility index (Phi) is 4.62. The maximum Gasteiger partial charge on any atom is 0.320 e. The number of carbonyl (C=O) groups excluding carboxylic acids is 1. The molecule has 1 aromatic heterocycles. The minimum atomic E-state index is -0.521. The van der Waals surface area contributed by atoms with Gasteiger partial charge in [-0.3, -0.25) is 5.32 Å². The highest BCUT2D eigenvalue weighted by Gasteiger charge is 2.13. The van der Waals surface area contributed by atoms with Crippen LogP contribution < -0.4 is 10.6 Å². The summed E-state index contributed by atoms with van der Waals surface area (Å²) >= 11 is 0. The maximum absolute atomic E-state index is 12.7. The zero-order valence-corrected chi connectivity index (χ0v) is 10.6. The van der Waals surface area contributed by atoms with E-state index in [0.717, 1.165) is 11.8 Å². The van der Waals surface area contributed by atoms with E-state index < -0.39 is 17.9 Å². The number of aromatic nitrogens is 1. The quantitative estimate of drug-likeness (QED) is 0.799. The van der Waals surface area contributed by atoms with Gasteiger partial charge in [-0.25, -0.2) is 14.2 Å². The van der Waals surface area contributed by atoms with Gasteiger partial charge in [-0.1, -0.05) is 30.3 Å². The van der Waals surface area contributed by atoms with E-state index in [4.69, 9.17) is 0 Å². The number of rotatable bonds is 4. The molecule has 0 saturated heterocycles. The Bertz CT molecular complexity index is 560. The minimum absolute atomic E-state index is 0.228. The number of aliphatic hydroxyl groups is 1. The summed E-state index contributed by atoms with van der Waals surface area (Å²) in [6, 6.07) is 10.6. The summed E-state index contributed by atoms with van der Waals surface area (Å²) in [5, 5.41) is 14.4. The lowest BCUT2D eigenvalue weighted by atomic mass is 10.1. The Morgan fingerprint density at radius 2 is 2.00 bits per heavy atom. The summed E-state index contributed by atoms with van der Waals surface area (Å²) in [5.74, 6) is -0.248. The van der Waals surface area contributed by atoms with Gasteiger partial charge in [0.25, 0.3) is 0 Å². The lowest BCUT2D eigenvalue weighted by molar-refractivity contribution is 0.225. The third-order valence-electron chi connectivity index (χ3n) is 2.66. The molecule has 3 N–H and O–H groups in total. The van der Waals surface area contributed by atoms with Gasteiger partial charge in [0.2, 0.25) is 0 Å². The van der Waals surface area contributed by atoms with Crippen LogP contribution in [0.5, 0.6) is 0 Å². The summed E-state index contributed by atoms with van der Waals surface area (Å²) in [6.07, 6.45) is 1.01. The van der Waals surface area contributed by atoms with Gasteiger partial charge in [-0.05, 0) is 17.7 Å². The van der Waals surface area contributed by atoms with Crippen molar-refractivity contribution in [3.8, 4) is 0 Å².